The van der Waals surface area contributed by atoms with Crippen molar-refractivity contribution in [2.24, 2.45) is 11.8 Å². The number of hydrogen-bond acceptors (Lipinski definition) is 3. The van der Waals surface area contributed by atoms with Gasteiger partial charge in [-0.1, -0.05) is 27.7 Å². The average molecular weight is 374 g/mol. The van der Waals surface area contributed by atoms with Gasteiger partial charge >= 0.3 is 0 Å². The highest BCUT2D eigenvalue weighted by atomic mass is 19.3. The molecule has 0 aliphatic carbocycles. The van der Waals surface area contributed by atoms with E-state index in [4.69, 9.17) is 0 Å². The monoisotopic (exact) mass is 373 g/mol. The predicted molar refractivity (Wildman–Crippen MR) is 106 cm³/mol. The fraction of sp³-hybridized carbons (Fsp3) is 1.00. The Bertz CT molecular complexity index is 413. The van der Waals surface area contributed by atoms with Crippen molar-refractivity contribution in [1.29, 1.82) is 0 Å². The first-order valence-electron chi connectivity index (χ1n) is 10.9. The van der Waals surface area contributed by atoms with Gasteiger partial charge in [0.25, 0.3) is 5.92 Å². The highest BCUT2D eigenvalue weighted by molar-refractivity contribution is 4.99. The van der Waals surface area contributed by atoms with Crippen LogP contribution in [0.1, 0.15) is 60.8 Å². The summed E-state index contributed by atoms with van der Waals surface area (Å²) in [5.41, 5.74) is 0. The molecular formula is C21H41F2N3. The van der Waals surface area contributed by atoms with E-state index in [0.29, 0.717) is 30.3 Å². The third kappa shape index (κ3) is 4.96. The number of hydrogen-bond donors (Lipinski definition) is 0. The third-order valence-electron chi connectivity index (χ3n) is 6.69. The van der Waals surface area contributed by atoms with Crippen LogP contribution in [0.2, 0.25) is 0 Å². The van der Waals surface area contributed by atoms with Crippen LogP contribution in [0.25, 0.3) is 0 Å². The van der Waals surface area contributed by atoms with Crippen LogP contribution in [-0.2, 0) is 0 Å². The van der Waals surface area contributed by atoms with Crippen molar-refractivity contribution in [2.75, 3.05) is 39.3 Å². The summed E-state index contributed by atoms with van der Waals surface area (Å²) in [6.07, 6.45) is 2.79. The van der Waals surface area contributed by atoms with Crippen molar-refractivity contribution < 1.29 is 8.78 Å². The molecule has 5 heteroatoms. The zero-order chi connectivity index (χ0) is 19.5. The molecule has 0 aromatic rings. The second-order valence-electron chi connectivity index (χ2n) is 8.85. The van der Waals surface area contributed by atoms with E-state index in [2.05, 4.69) is 42.4 Å². The van der Waals surface area contributed by atoms with Crippen LogP contribution >= 0.6 is 0 Å². The summed E-state index contributed by atoms with van der Waals surface area (Å²) < 4.78 is 29.7. The number of likely N-dealkylation sites (tertiary alicyclic amines) is 3. The maximum absolute atomic E-state index is 14.8. The number of piperidine rings is 2. The largest absolute Gasteiger partial charge is 0.298 e. The van der Waals surface area contributed by atoms with Gasteiger partial charge in [-0.05, 0) is 58.0 Å². The van der Waals surface area contributed by atoms with Gasteiger partial charge in [-0.2, -0.15) is 0 Å². The lowest BCUT2D eigenvalue weighted by atomic mass is 9.85. The number of nitrogens with zero attached hydrogens (tertiary/aromatic N) is 3. The van der Waals surface area contributed by atoms with E-state index in [9.17, 15) is 8.78 Å². The smallest absolute Gasteiger partial charge is 0.275 e. The SMILES string of the molecule is CC.CC(C)C1CCN([C@H]2CCN(C3CN(C(C)C)C3)CC2(F)F)CC1. The molecule has 3 saturated heterocycles. The van der Waals surface area contributed by atoms with Gasteiger partial charge in [0.1, 0.15) is 0 Å². The molecule has 3 aliphatic rings. The average Bonchev–Trinajstić information content (AvgIpc) is 2.54. The van der Waals surface area contributed by atoms with Crippen molar-refractivity contribution in [3.63, 3.8) is 0 Å². The van der Waals surface area contributed by atoms with Crippen LogP contribution in [0.15, 0.2) is 0 Å². The molecule has 26 heavy (non-hydrogen) atoms. The van der Waals surface area contributed by atoms with Gasteiger partial charge in [-0.25, -0.2) is 8.78 Å². The topological polar surface area (TPSA) is 9.72 Å². The lowest BCUT2D eigenvalue weighted by Gasteiger charge is -2.52. The van der Waals surface area contributed by atoms with Crippen molar-refractivity contribution in [2.45, 2.75) is 84.9 Å². The second-order valence-corrected chi connectivity index (χ2v) is 8.85. The lowest BCUT2D eigenvalue weighted by Crippen LogP contribution is -2.67. The zero-order valence-corrected chi connectivity index (χ0v) is 17.8. The maximum atomic E-state index is 14.8. The Balaban J connectivity index is 0.00000117. The summed E-state index contributed by atoms with van der Waals surface area (Å²) in [7, 11) is 0. The van der Waals surface area contributed by atoms with Crippen LogP contribution in [0.4, 0.5) is 8.78 Å². The summed E-state index contributed by atoms with van der Waals surface area (Å²) in [4.78, 5) is 6.51. The van der Waals surface area contributed by atoms with Crippen molar-refractivity contribution in [3.05, 3.63) is 0 Å². The molecule has 3 aliphatic heterocycles. The van der Waals surface area contributed by atoms with E-state index in [1.54, 1.807) is 0 Å². The fourth-order valence-electron chi connectivity index (χ4n) is 4.75. The molecule has 3 nitrogen and oxygen atoms in total. The Morgan fingerprint density at radius 3 is 1.85 bits per heavy atom. The van der Waals surface area contributed by atoms with Crippen LogP contribution in [0.5, 0.6) is 0 Å². The fourth-order valence-corrected chi connectivity index (χ4v) is 4.75. The third-order valence-corrected chi connectivity index (χ3v) is 6.69. The van der Waals surface area contributed by atoms with Gasteiger partial charge in [0.05, 0.1) is 12.6 Å². The molecule has 3 heterocycles. The molecule has 0 saturated carbocycles. The Morgan fingerprint density at radius 1 is 0.846 bits per heavy atom. The molecular weight excluding hydrogens is 332 g/mol. The van der Waals surface area contributed by atoms with Crippen LogP contribution < -0.4 is 0 Å². The predicted octanol–water partition coefficient (Wildman–Crippen LogP) is 4.18. The summed E-state index contributed by atoms with van der Waals surface area (Å²) >= 11 is 0. The highest BCUT2D eigenvalue weighted by Gasteiger charge is 2.50. The van der Waals surface area contributed by atoms with Crippen LogP contribution in [-0.4, -0.2) is 78.0 Å². The molecule has 0 N–H and O–H groups in total. The Morgan fingerprint density at radius 2 is 1.38 bits per heavy atom. The van der Waals surface area contributed by atoms with Gasteiger partial charge in [-0.15, -0.1) is 0 Å². The standard InChI is InChI=1S/C19H35F2N3.C2H6/c1-14(2)16-5-8-22(9-6-16)18-7-10-23(13-19(18,20)21)17-11-24(12-17)15(3)4;1-2/h14-18H,5-13H2,1-4H3;1-2H3/t18-;/m0./s1. The highest BCUT2D eigenvalue weighted by Crippen LogP contribution is 2.36. The van der Waals surface area contributed by atoms with E-state index < -0.39 is 12.0 Å². The molecule has 3 fully saturated rings. The van der Waals surface area contributed by atoms with Gasteiger partial charge in [0, 0.05) is 31.7 Å². The number of rotatable bonds is 4. The van der Waals surface area contributed by atoms with E-state index >= 15 is 0 Å². The second kappa shape index (κ2) is 9.29. The molecule has 1 atom stereocenters. The molecule has 0 spiro atoms. The molecule has 0 bridgehead atoms. The first-order valence-corrected chi connectivity index (χ1v) is 10.9. The quantitative estimate of drug-likeness (QED) is 0.732. The van der Waals surface area contributed by atoms with Crippen molar-refractivity contribution >= 4 is 0 Å². The summed E-state index contributed by atoms with van der Waals surface area (Å²) in [6, 6.07) is 0.329. The van der Waals surface area contributed by atoms with Gasteiger partial charge in [-0.3, -0.25) is 14.7 Å². The van der Waals surface area contributed by atoms with Gasteiger partial charge < -0.3 is 0 Å². The first kappa shape index (κ1) is 22.0. The Labute approximate surface area is 160 Å². The molecule has 0 amide bonds. The molecule has 0 unspecified atom stereocenters. The number of halogens is 2. The summed E-state index contributed by atoms with van der Waals surface area (Å²) in [6.45, 7) is 17.3. The number of alkyl halides is 2. The molecule has 0 aromatic carbocycles. The van der Waals surface area contributed by atoms with E-state index in [1.807, 2.05) is 13.8 Å². The molecule has 0 aromatic heterocycles. The van der Waals surface area contributed by atoms with Crippen LogP contribution in [0.3, 0.4) is 0 Å². The minimum absolute atomic E-state index is 0.0433. The van der Waals surface area contributed by atoms with E-state index in [-0.39, 0.29) is 6.54 Å². The maximum Gasteiger partial charge on any atom is 0.275 e. The van der Waals surface area contributed by atoms with Gasteiger partial charge in [0.15, 0.2) is 0 Å². The molecule has 0 radical (unpaired) electrons. The minimum atomic E-state index is -2.57. The van der Waals surface area contributed by atoms with Gasteiger partial charge in [0.2, 0.25) is 0 Å². The van der Waals surface area contributed by atoms with Crippen LogP contribution in [0, 0.1) is 11.8 Å². The summed E-state index contributed by atoms with van der Waals surface area (Å²) in [5.74, 6) is -1.18. The van der Waals surface area contributed by atoms with E-state index in [0.717, 1.165) is 45.6 Å². The van der Waals surface area contributed by atoms with E-state index in [1.165, 1.54) is 0 Å². The molecule has 154 valence electrons. The first-order chi connectivity index (χ1) is 12.3. The van der Waals surface area contributed by atoms with Crippen molar-refractivity contribution in [1.82, 2.24) is 14.7 Å². The lowest BCUT2D eigenvalue weighted by molar-refractivity contribution is -0.150. The zero-order valence-electron chi connectivity index (χ0n) is 17.8. The Kier molecular flexibility index (Phi) is 7.87. The summed E-state index contributed by atoms with van der Waals surface area (Å²) in [5, 5.41) is 0. The minimum Gasteiger partial charge on any atom is -0.298 e. The van der Waals surface area contributed by atoms with Crippen molar-refractivity contribution in [3.8, 4) is 0 Å². The normalized spacial score (nSPS) is 29.5. The molecule has 3 rings (SSSR count). The Hall–Kier alpha value is -0.260.